The molecule has 3 unspecified atom stereocenters. The van der Waals surface area contributed by atoms with Crippen molar-refractivity contribution >= 4 is 5.91 Å². The minimum absolute atomic E-state index is 0.0212. The first-order valence-corrected chi connectivity index (χ1v) is 6.83. The van der Waals surface area contributed by atoms with E-state index in [9.17, 15) is 4.79 Å². The molecule has 0 aliphatic carbocycles. The van der Waals surface area contributed by atoms with Gasteiger partial charge >= 0.3 is 0 Å². The van der Waals surface area contributed by atoms with Gasteiger partial charge in [0.2, 0.25) is 5.91 Å². The molecule has 0 radical (unpaired) electrons. The number of nitrogens with zero attached hydrogens (tertiary/aromatic N) is 1. The zero-order valence-corrected chi connectivity index (χ0v) is 10.9. The molecule has 1 amide bonds. The topological polar surface area (TPSA) is 41.6 Å². The first-order valence-electron chi connectivity index (χ1n) is 6.83. The van der Waals surface area contributed by atoms with Crippen LogP contribution in [0.1, 0.15) is 39.0 Å². The van der Waals surface area contributed by atoms with Crippen LogP contribution in [-0.2, 0) is 9.53 Å². The van der Waals surface area contributed by atoms with E-state index in [2.05, 4.69) is 17.1 Å². The summed E-state index contributed by atoms with van der Waals surface area (Å²) in [5.41, 5.74) is 0. The van der Waals surface area contributed by atoms with Crippen LogP contribution in [0.4, 0.5) is 0 Å². The Labute approximate surface area is 104 Å². The molecule has 0 aromatic heterocycles. The van der Waals surface area contributed by atoms with Crippen molar-refractivity contribution in [3.63, 3.8) is 0 Å². The van der Waals surface area contributed by atoms with Gasteiger partial charge in [-0.25, -0.2) is 0 Å². The van der Waals surface area contributed by atoms with Crippen LogP contribution < -0.4 is 5.32 Å². The lowest BCUT2D eigenvalue weighted by molar-refractivity contribution is -0.137. The average molecular weight is 240 g/mol. The number of likely N-dealkylation sites (tertiary alicyclic amines) is 1. The molecular formula is C13H24N2O2. The van der Waals surface area contributed by atoms with Crippen molar-refractivity contribution in [2.75, 3.05) is 20.2 Å². The van der Waals surface area contributed by atoms with Crippen molar-refractivity contribution in [1.82, 2.24) is 10.2 Å². The first kappa shape index (κ1) is 12.8. The van der Waals surface area contributed by atoms with Crippen LogP contribution in [0.2, 0.25) is 0 Å². The maximum atomic E-state index is 12.4. The van der Waals surface area contributed by atoms with Gasteiger partial charge in [-0.2, -0.15) is 0 Å². The molecule has 4 nitrogen and oxygen atoms in total. The fourth-order valence-electron chi connectivity index (χ4n) is 2.99. The molecule has 0 saturated carbocycles. The summed E-state index contributed by atoms with van der Waals surface area (Å²) in [6, 6.07) is 0.437. The van der Waals surface area contributed by atoms with Gasteiger partial charge < -0.3 is 15.0 Å². The largest absolute Gasteiger partial charge is 0.380 e. The summed E-state index contributed by atoms with van der Waals surface area (Å²) in [6.45, 7) is 3.92. The first-order chi connectivity index (χ1) is 8.26. The van der Waals surface area contributed by atoms with Gasteiger partial charge in [0.05, 0.1) is 12.1 Å². The number of methoxy groups -OCH3 is 1. The lowest BCUT2D eigenvalue weighted by Gasteiger charge is -2.36. The van der Waals surface area contributed by atoms with Crippen LogP contribution in [-0.4, -0.2) is 49.2 Å². The minimum atomic E-state index is -0.0212. The molecule has 2 saturated heterocycles. The molecule has 0 spiro atoms. The summed E-state index contributed by atoms with van der Waals surface area (Å²) < 4.78 is 5.30. The SMILES string of the molecule is CCC1CCCCN1C(=O)C1CC(OC)CN1. The van der Waals surface area contributed by atoms with Gasteiger partial charge in [-0.05, 0) is 32.1 Å². The van der Waals surface area contributed by atoms with Crippen LogP contribution in [0.25, 0.3) is 0 Å². The highest BCUT2D eigenvalue weighted by Gasteiger charge is 2.35. The van der Waals surface area contributed by atoms with E-state index in [1.54, 1.807) is 7.11 Å². The molecule has 2 aliphatic heterocycles. The molecule has 2 fully saturated rings. The Bertz CT molecular complexity index is 270. The van der Waals surface area contributed by atoms with E-state index in [1.165, 1.54) is 12.8 Å². The van der Waals surface area contributed by atoms with Gasteiger partial charge in [-0.3, -0.25) is 4.79 Å². The van der Waals surface area contributed by atoms with Crippen molar-refractivity contribution in [3.8, 4) is 0 Å². The summed E-state index contributed by atoms with van der Waals surface area (Å²) in [7, 11) is 1.72. The van der Waals surface area contributed by atoms with E-state index in [-0.39, 0.29) is 18.1 Å². The lowest BCUT2D eigenvalue weighted by Crippen LogP contribution is -2.50. The number of carbonyl (C=O) groups is 1. The van der Waals surface area contributed by atoms with Crippen LogP contribution in [0.15, 0.2) is 0 Å². The number of nitrogens with one attached hydrogen (secondary N) is 1. The molecule has 2 aliphatic rings. The second-order valence-electron chi connectivity index (χ2n) is 5.14. The molecule has 2 rings (SSSR count). The van der Waals surface area contributed by atoms with Gasteiger partial charge in [-0.15, -0.1) is 0 Å². The molecule has 4 heteroatoms. The van der Waals surface area contributed by atoms with Crippen LogP contribution >= 0.6 is 0 Å². The highest BCUT2D eigenvalue weighted by molar-refractivity contribution is 5.82. The monoisotopic (exact) mass is 240 g/mol. The Kier molecular flexibility index (Phi) is 4.40. The Morgan fingerprint density at radius 2 is 2.29 bits per heavy atom. The third-order valence-corrected chi connectivity index (χ3v) is 4.10. The molecule has 0 bridgehead atoms. The quantitative estimate of drug-likeness (QED) is 0.804. The Morgan fingerprint density at radius 1 is 1.47 bits per heavy atom. The Morgan fingerprint density at radius 3 is 2.94 bits per heavy atom. The van der Waals surface area contributed by atoms with E-state index in [0.29, 0.717) is 6.04 Å². The zero-order valence-electron chi connectivity index (χ0n) is 10.9. The van der Waals surface area contributed by atoms with E-state index in [4.69, 9.17) is 4.74 Å². The van der Waals surface area contributed by atoms with Crippen LogP contribution in [0, 0.1) is 0 Å². The predicted molar refractivity (Wildman–Crippen MR) is 66.8 cm³/mol. The van der Waals surface area contributed by atoms with E-state index < -0.39 is 0 Å². The number of amides is 1. The molecule has 17 heavy (non-hydrogen) atoms. The molecule has 0 aromatic carbocycles. The molecule has 3 atom stereocenters. The van der Waals surface area contributed by atoms with E-state index in [1.807, 2.05) is 0 Å². The van der Waals surface area contributed by atoms with Gasteiger partial charge in [-0.1, -0.05) is 6.92 Å². The van der Waals surface area contributed by atoms with Crippen molar-refractivity contribution in [2.45, 2.75) is 57.2 Å². The fraction of sp³-hybridized carbons (Fsp3) is 0.923. The maximum Gasteiger partial charge on any atom is 0.240 e. The van der Waals surface area contributed by atoms with Crippen molar-refractivity contribution in [1.29, 1.82) is 0 Å². The zero-order chi connectivity index (χ0) is 12.3. The number of carbonyl (C=O) groups excluding carboxylic acids is 1. The highest BCUT2D eigenvalue weighted by atomic mass is 16.5. The summed E-state index contributed by atoms with van der Waals surface area (Å²) in [4.78, 5) is 14.5. The van der Waals surface area contributed by atoms with Crippen molar-refractivity contribution < 1.29 is 9.53 Å². The maximum absolute atomic E-state index is 12.4. The second kappa shape index (κ2) is 5.83. The van der Waals surface area contributed by atoms with Gasteiger partial charge in [0.25, 0.3) is 0 Å². The molecule has 0 aromatic rings. The second-order valence-corrected chi connectivity index (χ2v) is 5.14. The minimum Gasteiger partial charge on any atom is -0.380 e. The Balaban J connectivity index is 1.94. The third kappa shape index (κ3) is 2.80. The summed E-state index contributed by atoms with van der Waals surface area (Å²) in [5, 5.41) is 3.28. The van der Waals surface area contributed by atoms with Gasteiger partial charge in [0, 0.05) is 26.2 Å². The summed E-state index contributed by atoms with van der Waals surface area (Å²) >= 11 is 0. The normalized spacial score (nSPS) is 34.0. The third-order valence-electron chi connectivity index (χ3n) is 4.10. The average Bonchev–Trinajstić information content (AvgIpc) is 2.86. The standard InChI is InChI=1S/C13H24N2O2/c1-3-10-6-4-5-7-15(10)13(16)12-8-11(17-2)9-14-12/h10-12,14H,3-9H2,1-2H3. The summed E-state index contributed by atoms with van der Waals surface area (Å²) in [5.74, 6) is 0.288. The van der Waals surface area contributed by atoms with Crippen molar-refractivity contribution in [3.05, 3.63) is 0 Å². The van der Waals surface area contributed by atoms with Crippen molar-refractivity contribution in [2.24, 2.45) is 0 Å². The number of piperidine rings is 1. The predicted octanol–water partition coefficient (Wildman–Crippen LogP) is 1.15. The molecular weight excluding hydrogens is 216 g/mol. The smallest absolute Gasteiger partial charge is 0.240 e. The molecule has 2 heterocycles. The van der Waals surface area contributed by atoms with E-state index in [0.717, 1.165) is 32.4 Å². The fourth-order valence-corrected chi connectivity index (χ4v) is 2.99. The number of hydrogen-bond acceptors (Lipinski definition) is 3. The number of rotatable bonds is 3. The summed E-state index contributed by atoms with van der Waals surface area (Å²) in [6.07, 6.45) is 5.69. The Hall–Kier alpha value is -0.610. The number of hydrogen-bond donors (Lipinski definition) is 1. The van der Waals surface area contributed by atoms with Crippen LogP contribution in [0.3, 0.4) is 0 Å². The highest BCUT2D eigenvalue weighted by Crippen LogP contribution is 2.22. The molecule has 1 N–H and O–H groups in total. The van der Waals surface area contributed by atoms with Gasteiger partial charge in [0.15, 0.2) is 0 Å². The number of ether oxygens (including phenoxy) is 1. The van der Waals surface area contributed by atoms with E-state index >= 15 is 0 Å². The molecule has 98 valence electrons. The lowest BCUT2D eigenvalue weighted by atomic mass is 9.98. The van der Waals surface area contributed by atoms with Crippen LogP contribution in [0.5, 0.6) is 0 Å². The van der Waals surface area contributed by atoms with Gasteiger partial charge in [0.1, 0.15) is 0 Å².